The van der Waals surface area contributed by atoms with E-state index in [-0.39, 0.29) is 38.2 Å². The van der Waals surface area contributed by atoms with Gasteiger partial charge in [-0.05, 0) is 36.4 Å². The monoisotopic (exact) mass is 573 g/mol. The highest BCUT2D eigenvalue weighted by atomic mass is 35.5. The summed E-state index contributed by atoms with van der Waals surface area (Å²) in [6, 6.07) is 10.1. The number of aromatic nitrogens is 5. The van der Waals surface area contributed by atoms with Crippen molar-refractivity contribution in [2.75, 3.05) is 0 Å². The van der Waals surface area contributed by atoms with Gasteiger partial charge in [-0.2, -0.15) is 13.2 Å². The lowest BCUT2D eigenvalue weighted by molar-refractivity contribution is -0.141. The number of halogens is 4. The Morgan fingerprint density at radius 3 is 2.59 bits per heavy atom. The van der Waals surface area contributed by atoms with E-state index in [1.54, 1.807) is 0 Å². The maximum atomic E-state index is 13.6. The topological polar surface area (TPSA) is 112 Å². The molecule has 4 heterocycles. The van der Waals surface area contributed by atoms with Crippen LogP contribution in [0.4, 0.5) is 13.2 Å². The lowest BCUT2D eigenvalue weighted by Gasteiger charge is -2.15. The summed E-state index contributed by atoms with van der Waals surface area (Å²) >= 11 is 7.05. The second kappa shape index (κ2) is 10.3. The zero-order valence-electron chi connectivity index (χ0n) is 19.5. The number of hydrogen-bond acceptors (Lipinski definition) is 7. The lowest BCUT2D eigenvalue weighted by Crippen LogP contribution is -2.39. The Morgan fingerprint density at radius 1 is 1.05 bits per heavy atom. The number of aromatic amines is 1. The minimum absolute atomic E-state index is 0.0114. The SMILES string of the molecule is O=c1[nH]cccc1-c1cn(-c2cc(Cl)cc(OCc3scnc3C(F)(F)F)c2)c(=O)n(-c2cccnc2)c1=O. The van der Waals surface area contributed by atoms with E-state index < -0.39 is 35.3 Å². The molecule has 1 N–H and O–H groups in total. The van der Waals surface area contributed by atoms with Gasteiger partial charge in [-0.3, -0.25) is 19.1 Å². The van der Waals surface area contributed by atoms with Gasteiger partial charge < -0.3 is 9.72 Å². The molecule has 0 radical (unpaired) electrons. The quantitative estimate of drug-likeness (QED) is 0.321. The summed E-state index contributed by atoms with van der Waals surface area (Å²) in [6.45, 7) is -0.450. The molecule has 1 aromatic carbocycles. The molecule has 0 bridgehead atoms. The largest absolute Gasteiger partial charge is 0.488 e. The molecule has 5 rings (SSSR count). The Labute approximate surface area is 225 Å². The molecule has 0 saturated heterocycles. The zero-order valence-corrected chi connectivity index (χ0v) is 21.0. The summed E-state index contributed by atoms with van der Waals surface area (Å²) in [7, 11) is 0. The molecular formula is C25H15ClF3N5O4S. The van der Waals surface area contributed by atoms with Gasteiger partial charge in [0.05, 0.1) is 39.1 Å². The fraction of sp³-hybridized carbons (Fsp3) is 0.0800. The number of thiazole rings is 1. The van der Waals surface area contributed by atoms with Crippen molar-refractivity contribution < 1.29 is 17.9 Å². The molecule has 0 unspecified atom stereocenters. The summed E-state index contributed by atoms with van der Waals surface area (Å²) in [5.41, 5.74) is -1.90. The van der Waals surface area contributed by atoms with E-state index >= 15 is 0 Å². The van der Waals surface area contributed by atoms with Gasteiger partial charge in [0.25, 0.3) is 11.1 Å². The molecule has 0 saturated carbocycles. The van der Waals surface area contributed by atoms with Crippen molar-refractivity contribution in [2.24, 2.45) is 0 Å². The fourth-order valence-electron chi connectivity index (χ4n) is 3.80. The van der Waals surface area contributed by atoms with Gasteiger partial charge in [-0.15, -0.1) is 11.3 Å². The van der Waals surface area contributed by atoms with Crippen molar-refractivity contribution in [3.63, 3.8) is 0 Å². The van der Waals surface area contributed by atoms with Crippen LogP contribution in [0, 0.1) is 0 Å². The minimum atomic E-state index is -4.64. The molecule has 5 aromatic rings. The lowest BCUT2D eigenvalue weighted by atomic mass is 10.1. The molecule has 9 nitrogen and oxygen atoms in total. The molecule has 0 spiro atoms. The third-order valence-electron chi connectivity index (χ3n) is 5.52. The Morgan fingerprint density at radius 2 is 1.87 bits per heavy atom. The third kappa shape index (κ3) is 5.26. The van der Waals surface area contributed by atoms with Crippen molar-refractivity contribution in [1.82, 2.24) is 24.1 Å². The maximum Gasteiger partial charge on any atom is 0.434 e. The molecule has 14 heteroatoms. The first-order chi connectivity index (χ1) is 18.6. The van der Waals surface area contributed by atoms with E-state index in [0.29, 0.717) is 0 Å². The number of alkyl halides is 3. The highest BCUT2D eigenvalue weighted by molar-refractivity contribution is 7.09. The number of nitrogens with zero attached hydrogens (tertiary/aromatic N) is 4. The van der Waals surface area contributed by atoms with Gasteiger partial charge in [0.1, 0.15) is 12.4 Å². The first-order valence-electron chi connectivity index (χ1n) is 11.0. The van der Waals surface area contributed by atoms with E-state index in [1.165, 1.54) is 67.3 Å². The van der Waals surface area contributed by atoms with Gasteiger partial charge >= 0.3 is 11.9 Å². The first-order valence-corrected chi connectivity index (χ1v) is 12.3. The van der Waals surface area contributed by atoms with Gasteiger partial charge in [-0.25, -0.2) is 14.3 Å². The van der Waals surface area contributed by atoms with Crippen LogP contribution in [0.1, 0.15) is 10.6 Å². The Bertz CT molecular complexity index is 1850. The van der Waals surface area contributed by atoms with Crippen LogP contribution >= 0.6 is 22.9 Å². The van der Waals surface area contributed by atoms with E-state index in [0.717, 1.165) is 26.0 Å². The molecule has 0 aliphatic carbocycles. The number of benzene rings is 1. The minimum Gasteiger partial charge on any atom is -0.488 e. The number of H-pyrrole nitrogens is 1. The summed E-state index contributed by atoms with van der Waals surface area (Å²) in [4.78, 5) is 49.2. The second-order valence-corrected chi connectivity index (χ2v) is 9.39. The Kier molecular flexibility index (Phi) is 6.93. The van der Waals surface area contributed by atoms with Gasteiger partial charge in [0.2, 0.25) is 0 Å². The predicted molar refractivity (Wildman–Crippen MR) is 138 cm³/mol. The first kappa shape index (κ1) is 26.1. The Balaban J connectivity index is 1.65. The van der Waals surface area contributed by atoms with Crippen LogP contribution in [-0.2, 0) is 12.8 Å². The van der Waals surface area contributed by atoms with Crippen molar-refractivity contribution in [2.45, 2.75) is 12.8 Å². The van der Waals surface area contributed by atoms with Crippen molar-refractivity contribution in [3.05, 3.63) is 120 Å². The average molecular weight is 574 g/mol. The summed E-state index contributed by atoms with van der Waals surface area (Å²) in [5, 5.41) is 0.105. The van der Waals surface area contributed by atoms with E-state index in [1.807, 2.05) is 0 Å². The van der Waals surface area contributed by atoms with Crippen LogP contribution in [0.25, 0.3) is 22.5 Å². The fourth-order valence-corrected chi connectivity index (χ4v) is 4.71. The normalized spacial score (nSPS) is 11.5. The number of pyridine rings is 2. The molecule has 198 valence electrons. The number of hydrogen-bond donors (Lipinski definition) is 1. The van der Waals surface area contributed by atoms with Crippen LogP contribution in [-0.4, -0.2) is 24.1 Å². The molecule has 4 aromatic heterocycles. The third-order valence-corrected chi connectivity index (χ3v) is 6.54. The standard InChI is InChI=1S/C25H15ClF3N5O4S/c26-14-7-16(9-17(8-14)38-12-20-21(25(27,28)29)32-13-39-20)33-11-19(18-4-2-6-31-22(18)35)23(36)34(24(33)37)15-3-1-5-30-10-15/h1-11,13H,12H2,(H,31,35). The molecule has 0 fully saturated rings. The zero-order chi connectivity index (χ0) is 27.7. The van der Waals surface area contributed by atoms with Crippen LogP contribution in [0.5, 0.6) is 5.75 Å². The second-order valence-electron chi connectivity index (χ2n) is 8.02. The Hall–Kier alpha value is -4.49. The average Bonchev–Trinajstić information content (AvgIpc) is 3.38. The van der Waals surface area contributed by atoms with E-state index in [9.17, 15) is 27.6 Å². The predicted octanol–water partition coefficient (Wildman–Crippen LogP) is 4.45. The smallest absolute Gasteiger partial charge is 0.434 e. The van der Waals surface area contributed by atoms with E-state index in [4.69, 9.17) is 16.3 Å². The molecule has 39 heavy (non-hydrogen) atoms. The van der Waals surface area contributed by atoms with Crippen LogP contribution < -0.4 is 21.5 Å². The number of ether oxygens (including phenoxy) is 1. The van der Waals surface area contributed by atoms with Gasteiger partial charge in [0, 0.05) is 29.7 Å². The van der Waals surface area contributed by atoms with Crippen molar-refractivity contribution >= 4 is 22.9 Å². The summed E-state index contributed by atoms with van der Waals surface area (Å²) in [6.07, 6.45) is 0.730. The van der Waals surface area contributed by atoms with Crippen LogP contribution in [0.15, 0.2) is 87.1 Å². The van der Waals surface area contributed by atoms with Crippen molar-refractivity contribution in [1.29, 1.82) is 0 Å². The van der Waals surface area contributed by atoms with Crippen LogP contribution in [0.2, 0.25) is 5.02 Å². The highest BCUT2D eigenvalue weighted by Crippen LogP contribution is 2.33. The van der Waals surface area contributed by atoms with Gasteiger partial charge in [0.15, 0.2) is 5.69 Å². The molecule has 0 amide bonds. The molecular weight excluding hydrogens is 559 g/mol. The molecule has 0 atom stereocenters. The highest BCUT2D eigenvalue weighted by Gasteiger charge is 2.36. The van der Waals surface area contributed by atoms with Crippen LogP contribution in [0.3, 0.4) is 0 Å². The van der Waals surface area contributed by atoms with Crippen molar-refractivity contribution in [3.8, 4) is 28.3 Å². The van der Waals surface area contributed by atoms with Gasteiger partial charge in [-0.1, -0.05) is 11.6 Å². The molecule has 0 aliphatic rings. The summed E-state index contributed by atoms with van der Waals surface area (Å²) in [5.74, 6) is 0.0594. The maximum absolute atomic E-state index is 13.6. The molecule has 0 aliphatic heterocycles. The van der Waals surface area contributed by atoms with E-state index in [2.05, 4.69) is 15.0 Å². The number of nitrogens with one attached hydrogen (secondary N) is 1. The summed E-state index contributed by atoms with van der Waals surface area (Å²) < 4.78 is 47.1. The number of rotatable bonds is 6.